The Morgan fingerprint density at radius 2 is 2.58 bits per heavy atom. The third-order valence-electron chi connectivity index (χ3n) is 2.02. The number of amides is 1. The van der Waals surface area contributed by atoms with E-state index in [2.05, 4.69) is 6.92 Å². The van der Waals surface area contributed by atoms with E-state index in [0.29, 0.717) is 12.6 Å². The first-order chi connectivity index (χ1) is 6.25. The molecule has 1 aliphatic rings. The van der Waals surface area contributed by atoms with Crippen molar-refractivity contribution < 1.29 is 6.17 Å². The van der Waals surface area contributed by atoms with Crippen LogP contribution in [0.4, 0.5) is 0 Å². The van der Waals surface area contributed by atoms with Crippen LogP contribution < -0.4 is 0 Å². The summed E-state index contributed by atoms with van der Waals surface area (Å²) in [6.45, 7) is 2.86. The zero-order valence-electron chi connectivity index (χ0n) is 8.68. The van der Waals surface area contributed by atoms with E-state index in [1.54, 1.807) is 4.90 Å². The van der Waals surface area contributed by atoms with Crippen LogP contribution in [0.3, 0.4) is 0 Å². The maximum Gasteiger partial charge on any atom is 0.226 e. The Balaban J connectivity index is 2.41. The van der Waals surface area contributed by atoms with Gasteiger partial charge in [-0.2, -0.15) is 0 Å². The van der Waals surface area contributed by atoms with E-state index in [4.69, 9.17) is 1.37 Å². The third-order valence-corrected chi connectivity index (χ3v) is 2.02. The molecule has 12 heavy (non-hydrogen) atoms. The Bertz CT molecular complexity index is 213. The van der Waals surface area contributed by atoms with Gasteiger partial charge in [-0.05, 0) is 12.8 Å². The van der Waals surface area contributed by atoms with E-state index < -0.39 is 0 Å². The Kier molecular flexibility index (Phi) is 3.24. The van der Waals surface area contributed by atoms with E-state index in [0.717, 1.165) is 32.2 Å². The summed E-state index contributed by atoms with van der Waals surface area (Å²) in [6, 6.07) is 0. The molecule has 0 aromatic heterocycles. The molecule has 1 rings (SSSR count). The van der Waals surface area contributed by atoms with Gasteiger partial charge in [0.1, 0.15) is 0 Å². The fourth-order valence-electron chi connectivity index (χ4n) is 1.27. The van der Waals surface area contributed by atoms with Crippen molar-refractivity contribution >= 4 is 5.91 Å². The fourth-order valence-corrected chi connectivity index (χ4v) is 1.27. The number of carbonyl (C=O) groups excluding carboxylic acids is 1. The average Bonchev–Trinajstić information content (AvgIpc) is 2.52. The molecule has 0 aromatic rings. The maximum absolute atomic E-state index is 11.2. The molecule has 1 saturated heterocycles. The first-order valence-corrected chi connectivity index (χ1v) is 4.73. The Labute approximate surface area is 75.7 Å². The van der Waals surface area contributed by atoms with Crippen LogP contribution in [-0.2, 0) is 4.79 Å². The quantitative estimate of drug-likeness (QED) is 0.590. The molecule has 68 valence electrons. The first-order valence-electron chi connectivity index (χ1n) is 5.23. The number of hydrogen-bond donors (Lipinski definition) is 0. The zero-order chi connectivity index (χ0) is 9.68. The molecule has 0 aliphatic carbocycles. The maximum atomic E-state index is 11.2. The lowest BCUT2D eigenvalue weighted by Crippen LogP contribution is -2.17. The molecule has 0 radical (unpaired) electrons. The SMILES string of the molecule is [2H]/C(=C\CCCC)N1CCCC1=O. The van der Waals surface area contributed by atoms with E-state index in [9.17, 15) is 4.79 Å². The highest BCUT2D eigenvalue weighted by atomic mass is 16.2. The van der Waals surface area contributed by atoms with Gasteiger partial charge in [-0.1, -0.05) is 25.8 Å². The molecule has 0 atom stereocenters. The van der Waals surface area contributed by atoms with Crippen LogP contribution in [-0.4, -0.2) is 17.4 Å². The average molecular weight is 168 g/mol. The van der Waals surface area contributed by atoms with Crippen LogP contribution in [0.1, 0.15) is 40.4 Å². The Morgan fingerprint density at radius 1 is 1.75 bits per heavy atom. The molecule has 0 aromatic carbocycles. The van der Waals surface area contributed by atoms with Gasteiger partial charge in [0.15, 0.2) is 0 Å². The minimum absolute atomic E-state index is 0.109. The standard InChI is InChI=1S/C10H17NO/c1-2-3-4-5-8-11-9-6-7-10(11)12/h5,8H,2-4,6-7,9H2,1H3/b8-5+/i8D. The molecule has 0 unspecified atom stereocenters. The topological polar surface area (TPSA) is 20.3 Å². The van der Waals surface area contributed by atoms with Gasteiger partial charge in [-0.3, -0.25) is 4.79 Å². The van der Waals surface area contributed by atoms with Crippen LogP contribution in [0.5, 0.6) is 0 Å². The van der Waals surface area contributed by atoms with Gasteiger partial charge >= 0.3 is 0 Å². The zero-order valence-corrected chi connectivity index (χ0v) is 7.68. The van der Waals surface area contributed by atoms with Crippen LogP contribution in [0.15, 0.2) is 12.3 Å². The highest BCUT2D eigenvalue weighted by molar-refractivity contribution is 5.79. The van der Waals surface area contributed by atoms with E-state index in [1.165, 1.54) is 0 Å². The first kappa shape index (κ1) is 7.84. The molecular weight excluding hydrogens is 150 g/mol. The molecule has 2 heteroatoms. The minimum atomic E-state index is 0.109. The summed E-state index contributed by atoms with van der Waals surface area (Å²) < 4.78 is 7.64. The molecule has 0 spiro atoms. The predicted molar refractivity (Wildman–Crippen MR) is 49.6 cm³/mol. The summed E-state index contributed by atoms with van der Waals surface area (Å²) in [6.07, 6.45) is 6.93. The van der Waals surface area contributed by atoms with Crippen LogP contribution >= 0.6 is 0 Å². The normalized spacial score (nSPS) is 20.1. The monoisotopic (exact) mass is 168 g/mol. The van der Waals surface area contributed by atoms with Crippen molar-refractivity contribution in [1.82, 2.24) is 4.90 Å². The van der Waals surface area contributed by atoms with Crippen molar-refractivity contribution in [3.05, 3.63) is 12.3 Å². The van der Waals surface area contributed by atoms with Crippen LogP contribution in [0, 0.1) is 0 Å². The molecule has 0 bridgehead atoms. The molecule has 2 nitrogen and oxygen atoms in total. The van der Waals surface area contributed by atoms with E-state index in [1.807, 2.05) is 6.08 Å². The Hall–Kier alpha value is -0.790. The van der Waals surface area contributed by atoms with Crippen molar-refractivity contribution in [1.29, 1.82) is 0 Å². The van der Waals surface area contributed by atoms with Crippen molar-refractivity contribution in [2.45, 2.75) is 39.0 Å². The molecule has 1 fully saturated rings. The van der Waals surface area contributed by atoms with Gasteiger partial charge < -0.3 is 4.90 Å². The van der Waals surface area contributed by atoms with Crippen molar-refractivity contribution in [2.24, 2.45) is 0 Å². The third kappa shape index (κ3) is 2.68. The second-order valence-corrected chi connectivity index (χ2v) is 3.12. The number of allylic oxidation sites excluding steroid dienone is 1. The smallest absolute Gasteiger partial charge is 0.226 e. The lowest BCUT2D eigenvalue weighted by molar-refractivity contribution is -0.125. The van der Waals surface area contributed by atoms with Crippen molar-refractivity contribution in [3.8, 4) is 0 Å². The van der Waals surface area contributed by atoms with Crippen molar-refractivity contribution in [2.75, 3.05) is 6.54 Å². The number of hydrogen-bond acceptors (Lipinski definition) is 1. The fraction of sp³-hybridized carbons (Fsp3) is 0.700. The summed E-state index contributed by atoms with van der Waals surface area (Å²) in [5.74, 6) is 0.109. The van der Waals surface area contributed by atoms with E-state index in [-0.39, 0.29) is 5.91 Å². The highest BCUT2D eigenvalue weighted by Gasteiger charge is 2.16. The molecule has 1 aliphatic heterocycles. The molecule has 1 heterocycles. The summed E-state index contributed by atoms with van der Waals surface area (Å²) >= 11 is 0. The predicted octanol–water partition coefficient (Wildman–Crippen LogP) is 2.31. The van der Waals surface area contributed by atoms with Gasteiger partial charge in [0.25, 0.3) is 0 Å². The van der Waals surface area contributed by atoms with Crippen LogP contribution in [0.25, 0.3) is 0 Å². The lowest BCUT2D eigenvalue weighted by Gasteiger charge is -2.07. The van der Waals surface area contributed by atoms with Gasteiger partial charge in [0.2, 0.25) is 5.91 Å². The second kappa shape index (κ2) is 4.96. The van der Waals surface area contributed by atoms with Gasteiger partial charge in [0, 0.05) is 19.1 Å². The van der Waals surface area contributed by atoms with Gasteiger partial charge in [0.05, 0.1) is 1.37 Å². The molecule has 1 amide bonds. The molecule has 0 saturated carbocycles. The van der Waals surface area contributed by atoms with Gasteiger partial charge in [-0.25, -0.2) is 0 Å². The second-order valence-electron chi connectivity index (χ2n) is 3.12. The number of unbranched alkanes of at least 4 members (excludes halogenated alkanes) is 2. The largest absolute Gasteiger partial charge is 0.319 e. The summed E-state index contributed by atoms with van der Waals surface area (Å²) in [5.41, 5.74) is 0. The summed E-state index contributed by atoms with van der Waals surface area (Å²) in [5, 5.41) is 0. The van der Waals surface area contributed by atoms with Crippen LogP contribution in [0.2, 0.25) is 0 Å². The summed E-state index contributed by atoms with van der Waals surface area (Å²) in [4.78, 5) is 12.8. The summed E-state index contributed by atoms with van der Waals surface area (Å²) in [7, 11) is 0. The Morgan fingerprint density at radius 3 is 3.17 bits per heavy atom. The van der Waals surface area contributed by atoms with Gasteiger partial charge in [-0.15, -0.1) is 0 Å². The number of rotatable bonds is 4. The molecular formula is C10H17NO. The highest BCUT2D eigenvalue weighted by Crippen LogP contribution is 2.10. The number of nitrogens with zero attached hydrogens (tertiary/aromatic N) is 1. The minimum Gasteiger partial charge on any atom is -0.319 e. The molecule has 0 N–H and O–H groups in total. The lowest BCUT2D eigenvalue weighted by atomic mass is 10.2. The number of carbonyl (C=O) groups is 1. The number of likely N-dealkylation sites (tertiary alicyclic amines) is 1. The van der Waals surface area contributed by atoms with E-state index >= 15 is 0 Å². The van der Waals surface area contributed by atoms with Crippen molar-refractivity contribution in [3.63, 3.8) is 0 Å².